The Labute approximate surface area is 77.7 Å². The fraction of sp³-hybridized carbons (Fsp3) is 0.273. The number of benzene rings is 1. The third-order valence-electron chi connectivity index (χ3n) is 2.22. The summed E-state index contributed by atoms with van der Waals surface area (Å²) in [5, 5.41) is 2.88. The zero-order valence-electron chi connectivity index (χ0n) is 7.16. The maximum absolute atomic E-state index is 2.25. The monoisotopic (exact) mass is 176 g/mol. The molecule has 0 fully saturated rings. The molecule has 1 unspecified atom stereocenters. The Bertz CT molecular complexity index is 294. The van der Waals surface area contributed by atoms with Gasteiger partial charge in [0.25, 0.3) is 0 Å². The first-order chi connectivity index (χ1) is 5.88. The fourth-order valence-electron chi connectivity index (χ4n) is 1.53. The first kappa shape index (κ1) is 7.93. The second-order valence-electron chi connectivity index (χ2n) is 3.09. The maximum atomic E-state index is 2.25. The Balaban J connectivity index is 2.27. The second kappa shape index (κ2) is 3.36. The zero-order chi connectivity index (χ0) is 8.39. The molecule has 2 rings (SSSR count). The quantitative estimate of drug-likeness (QED) is 0.629. The molecule has 0 saturated carbocycles. The molecule has 0 radical (unpaired) electrons. The topological polar surface area (TPSA) is 0 Å². The standard InChI is InChI=1S/C11H12S/c1-9-5-2-3-6-10(9)11-7-4-8-12-11/h2-6,8,11H,7H2,1H3. The number of thioether (sulfide) groups is 1. The van der Waals surface area contributed by atoms with Crippen LogP contribution in [-0.4, -0.2) is 0 Å². The van der Waals surface area contributed by atoms with Gasteiger partial charge in [0.2, 0.25) is 0 Å². The van der Waals surface area contributed by atoms with Crippen molar-refractivity contribution in [3.05, 3.63) is 46.9 Å². The van der Waals surface area contributed by atoms with Crippen LogP contribution in [0.25, 0.3) is 0 Å². The van der Waals surface area contributed by atoms with Crippen molar-refractivity contribution in [1.82, 2.24) is 0 Å². The maximum Gasteiger partial charge on any atom is 0.0375 e. The van der Waals surface area contributed by atoms with Crippen LogP contribution >= 0.6 is 11.8 Å². The molecule has 62 valence electrons. The van der Waals surface area contributed by atoms with E-state index in [4.69, 9.17) is 0 Å². The van der Waals surface area contributed by atoms with Crippen molar-refractivity contribution in [3.8, 4) is 0 Å². The van der Waals surface area contributed by atoms with Gasteiger partial charge in [-0.25, -0.2) is 0 Å². The summed E-state index contributed by atoms with van der Waals surface area (Å²) >= 11 is 1.93. The van der Waals surface area contributed by atoms with Crippen LogP contribution in [0.5, 0.6) is 0 Å². The molecule has 0 saturated heterocycles. The SMILES string of the molecule is Cc1ccccc1C1CC=CS1. The molecule has 1 aliphatic rings. The molecule has 1 aromatic carbocycles. The predicted molar refractivity (Wildman–Crippen MR) is 55.3 cm³/mol. The highest BCUT2D eigenvalue weighted by atomic mass is 32.2. The summed E-state index contributed by atoms with van der Waals surface area (Å²) in [6, 6.07) is 8.65. The molecule has 1 atom stereocenters. The first-order valence-corrected chi connectivity index (χ1v) is 5.18. The molecule has 0 amide bonds. The van der Waals surface area contributed by atoms with Crippen molar-refractivity contribution in [3.63, 3.8) is 0 Å². The molecular weight excluding hydrogens is 164 g/mol. The molecule has 1 heteroatoms. The normalized spacial score (nSPS) is 21.6. The van der Waals surface area contributed by atoms with Crippen molar-refractivity contribution in [2.24, 2.45) is 0 Å². The van der Waals surface area contributed by atoms with Gasteiger partial charge in [0, 0.05) is 5.25 Å². The minimum Gasteiger partial charge on any atom is -0.126 e. The van der Waals surface area contributed by atoms with Crippen LogP contribution in [0.3, 0.4) is 0 Å². The van der Waals surface area contributed by atoms with Crippen LogP contribution in [0.4, 0.5) is 0 Å². The van der Waals surface area contributed by atoms with Crippen molar-refractivity contribution in [2.45, 2.75) is 18.6 Å². The Kier molecular flexibility index (Phi) is 2.22. The zero-order valence-corrected chi connectivity index (χ0v) is 7.97. The van der Waals surface area contributed by atoms with E-state index >= 15 is 0 Å². The molecule has 12 heavy (non-hydrogen) atoms. The van der Waals surface area contributed by atoms with Gasteiger partial charge in [-0.3, -0.25) is 0 Å². The van der Waals surface area contributed by atoms with Gasteiger partial charge in [0.05, 0.1) is 0 Å². The molecule has 0 aliphatic carbocycles. The molecule has 0 nitrogen and oxygen atoms in total. The lowest BCUT2D eigenvalue weighted by molar-refractivity contribution is 0.976. The predicted octanol–water partition coefficient (Wildman–Crippen LogP) is 3.69. The molecule has 1 heterocycles. The van der Waals surface area contributed by atoms with Gasteiger partial charge in [-0.05, 0) is 29.9 Å². The van der Waals surface area contributed by atoms with E-state index in [1.165, 1.54) is 17.5 Å². The summed E-state index contributed by atoms with van der Waals surface area (Å²) < 4.78 is 0. The summed E-state index contributed by atoms with van der Waals surface area (Å²) in [5.74, 6) is 0. The number of hydrogen-bond donors (Lipinski definition) is 0. The highest BCUT2D eigenvalue weighted by Gasteiger charge is 2.14. The van der Waals surface area contributed by atoms with Crippen molar-refractivity contribution in [2.75, 3.05) is 0 Å². The van der Waals surface area contributed by atoms with E-state index < -0.39 is 0 Å². The lowest BCUT2D eigenvalue weighted by Crippen LogP contribution is -1.91. The lowest BCUT2D eigenvalue weighted by Gasteiger charge is -2.11. The lowest BCUT2D eigenvalue weighted by atomic mass is 10.0. The van der Waals surface area contributed by atoms with Gasteiger partial charge in [0.1, 0.15) is 0 Å². The van der Waals surface area contributed by atoms with Crippen LogP contribution in [-0.2, 0) is 0 Å². The van der Waals surface area contributed by atoms with Crippen LogP contribution in [0.2, 0.25) is 0 Å². The molecule has 0 aromatic heterocycles. The number of hydrogen-bond acceptors (Lipinski definition) is 1. The van der Waals surface area contributed by atoms with E-state index in [1.807, 2.05) is 11.8 Å². The Morgan fingerprint density at radius 1 is 1.33 bits per heavy atom. The highest BCUT2D eigenvalue weighted by Crippen LogP contribution is 2.39. The van der Waals surface area contributed by atoms with Gasteiger partial charge in [-0.15, -0.1) is 11.8 Å². The smallest absolute Gasteiger partial charge is 0.0375 e. The van der Waals surface area contributed by atoms with E-state index in [0.717, 1.165) is 0 Å². The van der Waals surface area contributed by atoms with Crippen LogP contribution in [0.1, 0.15) is 22.8 Å². The number of aryl methyl sites for hydroxylation is 1. The molecule has 0 spiro atoms. The van der Waals surface area contributed by atoms with E-state index in [0.29, 0.717) is 5.25 Å². The summed E-state index contributed by atoms with van der Waals surface area (Å²) in [4.78, 5) is 0. The summed E-state index contributed by atoms with van der Waals surface area (Å²) in [6.07, 6.45) is 3.44. The van der Waals surface area contributed by atoms with Gasteiger partial charge in [-0.1, -0.05) is 30.3 Å². The first-order valence-electron chi connectivity index (χ1n) is 4.24. The summed E-state index contributed by atoms with van der Waals surface area (Å²) in [7, 11) is 0. The van der Waals surface area contributed by atoms with Crippen LogP contribution < -0.4 is 0 Å². The fourth-order valence-corrected chi connectivity index (χ4v) is 2.58. The van der Waals surface area contributed by atoms with Crippen molar-refractivity contribution >= 4 is 11.8 Å². The van der Waals surface area contributed by atoms with Crippen LogP contribution in [0.15, 0.2) is 35.7 Å². The third kappa shape index (κ3) is 1.42. The minimum absolute atomic E-state index is 0.672. The number of rotatable bonds is 1. The van der Waals surface area contributed by atoms with E-state index in [1.54, 1.807) is 0 Å². The van der Waals surface area contributed by atoms with E-state index in [2.05, 4.69) is 42.7 Å². The average Bonchev–Trinajstić information content (AvgIpc) is 2.57. The molecule has 1 aromatic rings. The molecule has 0 bridgehead atoms. The summed E-state index contributed by atoms with van der Waals surface area (Å²) in [6.45, 7) is 2.19. The van der Waals surface area contributed by atoms with Gasteiger partial charge < -0.3 is 0 Å². The third-order valence-corrected chi connectivity index (χ3v) is 3.35. The van der Waals surface area contributed by atoms with Crippen molar-refractivity contribution < 1.29 is 0 Å². The van der Waals surface area contributed by atoms with Gasteiger partial charge >= 0.3 is 0 Å². The molecular formula is C11H12S. The van der Waals surface area contributed by atoms with Gasteiger partial charge in [-0.2, -0.15) is 0 Å². The molecule has 0 N–H and O–H groups in total. The van der Waals surface area contributed by atoms with Crippen molar-refractivity contribution in [1.29, 1.82) is 0 Å². The highest BCUT2D eigenvalue weighted by molar-refractivity contribution is 8.02. The van der Waals surface area contributed by atoms with E-state index in [-0.39, 0.29) is 0 Å². The molecule has 1 aliphatic heterocycles. The Morgan fingerprint density at radius 2 is 2.17 bits per heavy atom. The van der Waals surface area contributed by atoms with Gasteiger partial charge in [0.15, 0.2) is 0 Å². The minimum atomic E-state index is 0.672. The second-order valence-corrected chi connectivity index (χ2v) is 4.20. The summed E-state index contributed by atoms with van der Waals surface area (Å²) in [5.41, 5.74) is 2.91. The average molecular weight is 176 g/mol. The Morgan fingerprint density at radius 3 is 2.83 bits per heavy atom. The Hall–Kier alpha value is -0.690. The van der Waals surface area contributed by atoms with E-state index in [9.17, 15) is 0 Å². The largest absolute Gasteiger partial charge is 0.126 e. The van der Waals surface area contributed by atoms with Crippen LogP contribution in [0, 0.1) is 6.92 Å². The number of allylic oxidation sites excluding steroid dienone is 1.